The maximum absolute atomic E-state index is 6.26. The quantitative estimate of drug-likeness (QED) is 0.166. The zero-order chi connectivity index (χ0) is 42.3. The number of hydrogen-bond donors (Lipinski definition) is 0. The Bertz CT molecular complexity index is 4170. The molecule has 65 heavy (non-hydrogen) atoms. The minimum absolute atomic E-state index is 0.0504. The van der Waals surface area contributed by atoms with Crippen LogP contribution in [0.2, 0.25) is 0 Å². The van der Waals surface area contributed by atoms with E-state index in [0.29, 0.717) is 0 Å². The Morgan fingerprint density at radius 2 is 0.615 bits per heavy atom. The molecule has 0 spiro atoms. The Labute approximate surface area is 373 Å². The monoisotopic (exact) mass is 827 g/mol. The summed E-state index contributed by atoms with van der Waals surface area (Å²) in [6, 6.07) is 74.8. The molecule has 0 bridgehead atoms. The van der Waals surface area contributed by atoms with E-state index in [4.69, 9.17) is 13.3 Å². The molecule has 0 amide bonds. The fourth-order valence-electron chi connectivity index (χ4n) is 11.0. The predicted molar refractivity (Wildman–Crippen MR) is 269 cm³/mol. The lowest BCUT2D eigenvalue weighted by Gasteiger charge is -2.43. The van der Waals surface area contributed by atoms with E-state index in [0.717, 1.165) is 82.5 Å². The molecule has 0 fully saturated rings. The van der Waals surface area contributed by atoms with Gasteiger partial charge in [-0.3, -0.25) is 0 Å². The molecule has 300 valence electrons. The fraction of sp³-hybridized carbons (Fsp3) is 0. The van der Waals surface area contributed by atoms with E-state index in [9.17, 15) is 0 Å². The molecule has 0 aliphatic carbocycles. The van der Waals surface area contributed by atoms with Gasteiger partial charge in [-0.25, -0.2) is 0 Å². The third-order valence-corrected chi connectivity index (χ3v) is 14.1. The van der Waals surface area contributed by atoms with Crippen molar-refractivity contribution in [3.8, 4) is 55.6 Å². The molecule has 2 aliphatic heterocycles. The summed E-state index contributed by atoms with van der Waals surface area (Å²) in [4.78, 5) is 2.58. The molecule has 0 N–H and O–H groups in total. The Balaban J connectivity index is 0.934. The van der Waals surface area contributed by atoms with Gasteiger partial charge in [0, 0.05) is 54.8 Å². The number of rotatable bonds is 3. The standard InChI is InChI=1S/C60H34BNO3/c1-5-13-53-41(9-1)45-29-35(38-20-26-58-48(32-38)42-10-2-6-14-55(42)63-58)17-23-51(45)61-52-24-18-36(39-21-27-59-49(33-39)43-11-3-7-15-56(43)64-59)30-46(52)47-31-37(19-25-54(47)62(53)61)40-22-28-60-50(34-40)44-12-4-8-16-57(44)65-60/h1-34H. The molecule has 0 radical (unpaired) electrons. The van der Waals surface area contributed by atoms with Crippen molar-refractivity contribution >= 4 is 95.0 Å². The van der Waals surface area contributed by atoms with E-state index in [1.54, 1.807) is 0 Å². The van der Waals surface area contributed by atoms with Gasteiger partial charge in [0.05, 0.1) is 0 Å². The average Bonchev–Trinajstić information content (AvgIpc) is 4.06. The predicted octanol–water partition coefficient (Wildman–Crippen LogP) is 15.3. The minimum atomic E-state index is -0.0504. The van der Waals surface area contributed by atoms with Crippen LogP contribution in [0.25, 0.3) is 121 Å². The summed E-state index contributed by atoms with van der Waals surface area (Å²) in [7, 11) is 0. The van der Waals surface area contributed by atoms with E-state index in [-0.39, 0.29) is 6.85 Å². The highest BCUT2D eigenvalue weighted by Crippen LogP contribution is 2.49. The van der Waals surface area contributed by atoms with Crippen LogP contribution in [-0.4, -0.2) is 6.85 Å². The number of nitrogens with zero attached hydrogens (tertiary/aromatic N) is 1. The molecule has 0 unspecified atom stereocenters. The molecule has 13 aromatic rings. The van der Waals surface area contributed by atoms with Crippen molar-refractivity contribution in [2.45, 2.75) is 0 Å². The molecular weight excluding hydrogens is 793 g/mol. The molecule has 4 nitrogen and oxygen atoms in total. The summed E-state index contributed by atoms with van der Waals surface area (Å²) >= 11 is 0. The van der Waals surface area contributed by atoms with Gasteiger partial charge in [-0.05, 0) is 140 Å². The molecular formula is C60H34BNO3. The molecule has 0 atom stereocenters. The lowest BCUT2D eigenvalue weighted by atomic mass is 9.43. The van der Waals surface area contributed by atoms with Crippen molar-refractivity contribution in [3.63, 3.8) is 0 Å². The van der Waals surface area contributed by atoms with Crippen LogP contribution in [0.5, 0.6) is 0 Å². The van der Waals surface area contributed by atoms with Crippen LogP contribution < -0.4 is 15.7 Å². The minimum Gasteiger partial charge on any atom is -0.456 e. The number of furan rings is 3. The SMILES string of the molecule is c1ccc2c(c1)-c1cc(-c3ccc4oc5ccccc5c4c3)ccc1B1c3ccc(-c4ccc5oc6ccccc6c5c4)cc3-c3cc(-c4ccc5oc6ccccc6c5c4)ccc3N12. The van der Waals surface area contributed by atoms with E-state index in [1.807, 2.05) is 36.4 Å². The van der Waals surface area contributed by atoms with Crippen LogP contribution in [0.15, 0.2) is 220 Å². The van der Waals surface area contributed by atoms with E-state index in [2.05, 4.69) is 175 Å². The molecule has 5 heterocycles. The van der Waals surface area contributed by atoms with Crippen molar-refractivity contribution in [3.05, 3.63) is 206 Å². The zero-order valence-corrected chi connectivity index (χ0v) is 34.9. The molecule has 5 heteroatoms. The van der Waals surface area contributed by atoms with Gasteiger partial charge < -0.3 is 18.1 Å². The van der Waals surface area contributed by atoms with Crippen LogP contribution >= 0.6 is 0 Å². The van der Waals surface area contributed by atoms with Gasteiger partial charge >= 0.3 is 6.85 Å². The van der Waals surface area contributed by atoms with Crippen LogP contribution in [0.3, 0.4) is 0 Å². The van der Waals surface area contributed by atoms with Crippen molar-refractivity contribution in [1.29, 1.82) is 0 Å². The maximum atomic E-state index is 6.26. The highest BCUT2D eigenvalue weighted by Gasteiger charge is 2.42. The van der Waals surface area contributed by atoms with Gasteiger partial charge in [-0.15, -0.1) is 0 Å². The summed E-state index contributed by atoms with van der Waals surface area (Å²) in [5.41, 5.74) is 22.3. The summed E-state index contributed by atoms with van der Waals surface area (Å²) in [5, 5.41) is 6.78. The third-order valence-electron chi connectivity index (χ3n) is 14.1. The molecule has 0 saturated heterocycles. The molecule has 10 aromatic carbocycles. The fourth-order valence-corrected chi connectivity index (χ4v) is 11.0. The van der Waals surface area contributed by atoms with Crippen molar-refractivity contribution in [2.75, 3.05) is 4.81 Å². The lowest BCUT2D eigenvalue weighted by molar-refractivity contribution is 0.668. The lowest BCUT2D eigenvalue weighted by Crippen LogP contribution is -2.59. The Morgan fingerprint density at radius 1 is 0.262 bits per heavy atom. The second-order valence-corrected chi connectivity index (χ2v) is 17.6. The van der Waals surface area contributed by atoms with Gasteiger partial charge in [0.1, 0.15) is 33.5 Å². The Kier molecular flexibility index (Phi) is 7.00. The smallest absolute Gasteiger partial charge is 0.329 e. The number of hydrogen-bond acceptors (Lipinski definition) is 4. The zero-order valence-electron chi connectivity index (χ0n) is 34.9. The van der Waals surface area contributed by atoms with E-state index in [1.165, 1.54) is 61.2 Å². The second-order valence-electron chi connectivity index (χ2n) is 17.6. The average molecular weight is 828 g/mol. The Hall–Kier alpha value is -8.54. The number of benzene rings is 10. The van der Waals surface area contributed by atoms with Gasteiger partial charge in [0.2, 0.25) is 0 Å². The number of para-hydroxylation sites is 4. The van der Waals surface area contributed by atoms with Crippen LogP contribution in [0, 0.1) is 0 Å². The van der Waals surface area contributed by atoms with Crippen molar-refractivity contribution < 1.29 is 13.3 Å². The van der Waals surface area contributed by atoms with Gasteiger partial charge in [-0.1, -0.05) is 121 Å². The summed E-state index contributed by atoms with van der Waals surface area (Å²) in [6.45, 7) is -0.0504. The van der Waals surface area contributed by atoms with Gasteiger partial charge in [0.25, 0.3) is 0 Å². The summed E-state index contributed by atoms with van der Waals surface area (Å²) in [5.74, 6) is 0. The second kappa shape index (κ2) is 13.0. The van der Waals surface area contributed by atoms with Gasteiger partial charge in [0.15, 0.2) is 0 Å². The first-order valence-corrected chi connectivity index (χ1v) is 22.2. The van der Waals surface area contributed by atoms with Crippen LogP contribution in [0.1, 0.15) is 0 Å². The van der Waals surface area contributed by atoms with Gasteiger partial charge in [-0.2, -0.15) is 0 Å². The third kappa shape index (κ3) is 5.03. The highest BCUT2D eigenvalue weighted by atomic mass is 16.3. The first kappa shape index (κ1) is 35.0. The molecule has 2 aliphatic rings. The first-order valence-electron chi connectivity index (χ1n) is 22.2. The molecule has 15 rings (SSSR count). The first-order chi connectivity index (χ1) is 32.2. The molecule has 0 saturated carbocycles. The normalized spacial score (nSPS) is 12.9. The Morgan fingerprint density at radius 3 is 1.12 bits per heavy atom. The van der Waals surface area contributed by atoms with E-state index >= 15 is 0 Å². The van der Waals surface area contributed by atoms with E-state index < -0.39 is 0 Å². The highest BCUT2D eigenvalue weighted by molar-refractivity contribution is 6.92. The topological polar surface area (TPSA) is 42.7 Å². The largest absolute Gasteiger partial charge is 0.456 e. The maximum Gasteiger partial charge on any atom is 0.329 e. The molecule has 3 aromatic heterocycles. The van der Waals surface area contributed by atoms with Crippen molar-refractivity contribution in [2.24, 2.45) is 0 Å². The van der Waals surface area contributed by atoms with Crippen LogP contribution in [-0.2, 0) is 0 Å². The van der Waals surface area contributed by atoms with Crippen molar-refractivity contribution in [1.82, 2.24) is 0 Å². The summed E-state index contributed by atoms with van der Waals surface area (Å²) < 4.78 is 18.7. The number of fused-ring (bicyclic) bond motifs is 20. The number of anilines is 2. The summed E-state index contributed by atoms with van der Waals surface area (Å²) in [6.07, 6.45) is 0. The van der Waals surface area contributed by atoms with Crippen LogP contribution in [0.4, 0.5) is 11.4 Å².